The lowest BCUT2D eigenvalue weighted by atomic mass is 10.1. The molecule has 4 aromatic rings. The summed E-state index contributed by atoms with van der Waals surface area (Å²) in [4.78, 5) is 27.8. The van der Waals surface area contributed by atoms with Crippen molar-refractivity contribution >= 4 is 28.5 Å². The second-order valence-electron chi connectivity index (χ2n) is 6.38. The highest BCUT2D eigenvalue weighted by molar-refractivity contribution is 5.89. The molecule has 0 radical (unpaired) electrons. The van der Waals surface area contributed by atoms with Crippen molar-refractivity contribution in [2.45, 2.75) is 6.54 Å². The zero-order valence-electron chi connectivity index (χ0n) is 14.8. The number of aryl methyl sites for hydroxylation is 1. The number of carbonyl (C=O) groups is 1. The smallest absolute Gasteiger partial charge is 0.258 e. The zero-order chi connectivity index (χ0) is 19.0. The Morgan fingerprint density at radius 2 is 2.07 bits per heavy atom. The van der Waals surface area contributed by atoms with Gasteiger partial charge in [0.2, 0.25) is 0 Å². The molecule has 6 nitrogen and oxygen atoms in total. The van der Waals surface area contributed by atoms with Gasteiger partial charge in [0.1, 0.15) is 5.65 Å². The van der Waals surface area contributed by atoms with Gasteiger partial charge in [-0.1, -0.05) is 24.8 Å². The summed E-state index contributed by atoms with van der Waals surface area (Å²) in [6, 6.07) is 14.8. The quantitative estimate of drug-likeness (QED) is 0.557. The summed E-state index contributed by atoms with van der Waals surface area (Å²) in [5, 5.41) is 4.25. The second kappa shape index (κ2) is 6.57. The van der Waals surface area contributed by atoms with Crippen molar-refractivity contribution in [3.63, 3.8) is 0 Å². The van der Waals surface area contributed by atoms with Crippen LogP contribution in [0, 0.1) is 0 Å². The van der Waals surface area contributed by atoms with E-state index in [1.807, 2.05) is 41.9 Å². The standard InChI is InChI=1S/C21H18N4O2/c1-14(18-11-21(27)25-8-4-3-5-20(25)23-18)22-12-15-6-7-16-10-17(13-26)24(2)19(16)9-15/h3-11,13,22H,1,12H2,2H3. The first-order valence-corrected chi connectivity index (χ1v) is 8.52. The van der Waals surface area contributed by atoms with E-state index in [2.05, 4.69) is 16.9 Å². The van der Waals surface area contributed by atoms with Crippen LogP contribution in [-0.4, -0.2) is 20.2 Å². The second-order valence-corrected chi connectivity index (χ2v) is 6.38. The fourth-order valence-corrected chi connectivity index (χ4v) is 3.13. The third-order valence-electron chi connectivity index (χ3n) is 4.65. The summed E-state index contributed by atoms with van der Waals surface area (Å²) in [6.07, 6.45) is 2.54. The van der Waals surface area contributed by atoms with E-state index in [-0.39, 0.29) is 5.56 Å². The molecule has 0 bridgehead atoms. The van der Waals surface area contributed by atoms with Crippen molar-refractivity contribution < 1.29 is 4.79 Å². The molecular weight excluding hydrogens is 340 g/mol. The molecule has 0 amide bonds. The lowest BCUT2D eigenvalue weighted by Crippen LogP contribution is -2.18. The molecular formula is C21H18N4O2. The zero-order valence-corrected chi connectivity index (χ0v) is 14.8. The minimum atomic E-state index is -0.148. The van der Waals surface area contributed by atoms with Gasteiger partial charge in [0.05, 0.1) is 17.1 Å². The highest BCUT2D eigenvalue weighted by Crippen LogP contribution is 2.20. The maximum Gasteiger partial charge on any atom is 0.258 e. The van der Waals surface area contributed by atoms with Gasteiger partial charge in [0.25, 0.3) is 5.56 Å². The number of benzene rings is 1. The minimum absolute atomic E-state index is 0.148. The molecule has 3 heterocycles. The van der Waals surface area contributed by atoms with Crippen LogP contribution in [0.2, 0.25) is 0 Å². The molecule has 1 aromatic carbocycles. The molecule has 0 aliphatic heterocycles. The Morgan fingerprint density at radius 1 is 1.22 bits per heavy atom. The van der Waals surface area contributed by atoms with Crippen LogP contribution in [0.3, 0.4) is 0 Å². The molecule has 3 aromatic heterocycles. The van der Waals surface area contributed by atoms with Crippen LogP contribution in [0.25, 0.3) is 22.2 Å². The summed E-state index contributed by atoms with van der Waals surface area (Å²) in [6.45, 7) is 4.55. The summed E-state index contributed by atoms with van der Waals surface area (Å²) in [5.74, 6) is 0. The molecule has 0 unspecified atom stereocenters. The van der Waals surface area contributed by atoms with Crippen molar-refractivity contribution in [3.05, 3.63) is 88.6 Å². The molecule has 0 spiro atoms. The van der Waals surface area contributed by atoms with Gasteiger partial charge in [-0.3, -0.25) is 14.0 Å². The average molecular weight is 358 g/mol. The number of nitrogens with one attached hydrogen (secondary N) is 1. The first-order valence-electron chi connectivity index (χ1n) is 8.52. The monoisotopic (exact) mass is 358 g/mol. The largest absolute Gasteiger partial charge is 0.380 e. The Bertz CT molecular complexity index is 1250. The molecule has 27 heavy (non-hydrogen) atoms. The van der Waals surface area contributed by atoms with Crippen molar-refractivity contribution in [3.8, 4) is 0 Å². The van der Waals surface area contributed by atoms with Crippen LogP contribution in [0.1, 0.15) is 21.7 Å². The minimum Gasteiger partial charge on any atom is -0.380 e. The number of pyridine rings is 1. The van der Waals surface area contributed by atoms with E-state index in [9.17, 15) is 9.59 Å². The highest BCUT2D eigenvalue weighted by atomic mass is 16.1. The predicted octanol–water partition coefficient (Wildman–Crippen LogP) is 2.76. The third kappa shape index (κ3) is 3.01. The van der Waals surface area contributed by atoms with Crippen LogP contribution in [0.5, 0.6) is 0 Å². The van der Waals surface area contributed by atoms with Gasteiger partial charge in [-0.15, -0.1) is 0 Å². The van der Waals surface area contributed by atoms with E-state index >= 15 is 0 Å². The number of carbonyl (C=O) groups excluding carboxylic acids is 1. The van der Waals surface area contributed by atoms with E-state index < -0.39 is 0 Å². The van der Waals surface area contributed by atoms with E-state index in [1.54, 1.807) is 18.3 Å². The van der Waals surface area contributed by atoms with Gasteiger partial charge in [0, 0.05) is 36.8 Å². The van der Waals surface area contributed by atoms with E-state index in [0.717, 1.165) is 22.8 Å². The molecule has 0 saturated heterocycles. The van der Waals surface area contributed by atoms with Gasteiger partial charge in [0.15, 0.2) is 6.29 Å². The lowest BCUT2D eigenvalue weighted by Gasteiger charge is -2.10. The number of hydrogen-bond donors (Lipinski definition) is 1. The fraction of sp³-hybridized carbons (Fsp3) is 0.0952. The van der Waals surface area contributed by atoms with Crippen LogP contribution in [-0.2, 0) is 13.6 Å². The van der Waals surface area contributed by atoms with Gasteiger partial charge in [-0.05, 0) is 29.8 Å². The Kier molecular flexibility index (Phi) is 4.08. The van der Waals surface area contributed by atoms with E-state index in [4.69, 9.17) is 0 Å². The van der Waals surface area contributed by atoms with Crippen LogP contribution < -0.4 is 10.9 Å². The van der Waals surface area contributed by atoms with Crippen LogP contribution in [0.15, 0.2) is 66.1 Å². The molecule has 0 saturated carbocycles. The van der Waals surface area contributed by atoms with Gasteiger partial charge < -0.3 is 9.88 Å². The lowest BCUT2D eigenvalue weighted by molar-refractivity contribution is 0.111. The Hall–Kier alpha value is -3.67. The number of rotatable bonds is 5. The summed E-state index contributed by atoms with van der Waals surface area (Å²) < 4.78 is 3.36. The first kappa shape index (κ1) is 16.8. The molecule has 0 aliphatic rings. The van der Waals surface area contributed by atoms with Crippen molar-refractivity contribution in [2.24, 2.45) is 7.05 Å². The van der Waals surface area contributed by atoms with Crippen molar-refractivity contribution in [1.29, 1.82) is 0 Å². The molecule has 0 fully saturated rings. The van der Waals surface area contributed by atoms with Gasteiger partial charge >= 0.3 is 0 Å². The molecule has 4 rings (SSSR count). The average Bonchev–Trinajstić information content (AvgIpc) is 3.01. The summed E-state index contributed by atoms with van der Waals surface area (Å²) in [5.41, 5.74) is 4.21. The van der Waals surface area contributed by atoms with E-state index in [1.165, 1.54) is 10.5 Å². The van der Waals surface area contributed by atoms with Gasteiger partial charge in [-0.2, -0.15) is 0 Å². The number of nitrogens with zero attached hydrogens (tertiary/aromatic N) is 3. The number of aromatic nitrogens is 3. The SMILES string of the molecule is C=C(NCc1ccc2cc(C=O)n(C)c2c1)c1cc(=O)n2ccccc2n1. The summed E-state index contributed by atoms with van der Waals surface area (Å²) >= 11 is 0. The maximum atomic E-state index is 12.2. The normalized spacial score (nSPS) is 11.0. The molecule has 134 valence electrons. The highest BCUT2D eigenvalue weighted by Gasteiger charge is 2.08. The van der Waals surface area contributed by atoms with Crippen molar-refractivity contribution in [2.75, 3.05) is 0 Å². The van der Waals surface area contributed by atoms with Crippen molar-refractivity contribution in [1.82, 2.24) is 19.3 Å². The maximum absolute atomic E-state index is 12.2. The molecule has 0 atom stereocenters. The Balaban J connectivity index is 1.57. The Morgan fingerprint density at radius 3 is 2.89 bits per heavy atom. The number of fused-ring (bicyclic) bond motifs is 2. The predicted molar refractivity (Wildman–Crippen MR) is 106 cm³/mol. The molecule has 6 heteroatoms. The van der Waals surface area contributed by atoms with Crippen LogP contribution in [0.4, 0.5) is 0 Å². The first-order chi connectivity index (χ1) is 13.1. The van der Waals surface area contributed by atoms with E-state index in [0.29, 0.717) is 29.3 Å². The molecule has 1 N–H and O–H groups in total. The third-order valence-corrected chi connectivity index (χ3v) is 4.65. The Labute approximate surface area is 155 Å². The van der Waals surface area contributed by atoms with Crippen LogP contribution >= 0.6 is 0 Å². The topological polar surface area (TPSA) is 68.4 Å². The number of hydrogen-bond acceptors (Lipinski definition) is 4. The molecule has 0 aliphatic carbocycles. The summed E-state index contributed by atoms with van der Waals surface area (Å²) in [7, 11) is 1.87. The number of aldehydes is 1. The van der Waals surface area contributed by atoms with Gasteiger partial charge in [-0.25, -0.2) is 4.98 Å². The fourth-order valence-electron chi connectivity index (χ4n) is 3.13.